The summed E-state index contributed by atoms with van der Waals surface area (Å²) < 4.78 is 17.6. The minimum absolute atomic E-state index is 0.0334. The molecule has 0 aliphatic heterocycles. The molecule has 1 aromatic rings. The monoisotopic (exact) mass is 247 g/mol. The van der Waals surface area contributed by atoms with Gasteiger partial charge >= 0.3 is 0 Å². The number of pyridine rings is 1. The normalized spacial score (nSPS) is 9.77. The van der Waals surface area contributed by atoms with E-state index in [9.17, 15) is 9.18 Å². The van der Waals surface area contributed by atoms with Crippen molar-refractivity contribution in [2.24, 2.45) is 0 Å². The van der Waals surface area contributed by atoms with Crippen LogP contribution in [0.2, 0.25) is 0 Å². The molecule has 0 N–H and O–H groups in total. The number of carbonyl (C=O) groups excluding carboxylic acids is 1. The third kappa shape index (κ3) is 2.24. The van der Waals surface area contributed by atoms with Gasteiger partial charge in [-0.15, -0.1) is 0 Å². The first-order valence-electron chi connectivity index (χ1n) is 3.48. The SMILES string of the molecule is COc1ccc(C(=O)CBr)nc1F. The molecule has 1 heterocycles. The molecule has 5 heteroatoms. The van der Waals surface area contributed by atoms with Crippen LogP contribution < -0.4 is 4.74 Å². The Kier molecular flexibility index (Phi) is 3.36. The standard InChI is InChI=1S/C8H7BrFNO2/c1-13-7-3-2-5(6(12)4-9)11-8(7)10/h2-3H,4H2,1H3. The van der Waals surface area contributed by atoms with E-state index in [-0.39, 0.29) is 22.6 Å². The Hall–Kier alpha value is -0.970. The van der Waals surface area contributed by atoms with Crippen LogP contribution in [-0.4, -0.2) is 23.2 Å². The van der Waals surface area contributed by atoms with Crippen molar-refractivity contribution in [2.45, 2.75) is 0 Å². The number of carbonyl (C=O) groups is 1. The number of methoxy groups -OCH3 is 1. The molecule has 0 atom stereocenters. The summed E-state index contributed by atoms with van der Waals surface area (Å²) in [4.78, 5) is 14.5. The summed E-state index contributed by atoms with van der Waals surface area (Å²) in [7, 11) is 1.34. The molecule has 0 fully saturated rings. The van der Waals surface area contributed by atoms with Gasteiger partial charge in [-0.1, -0.05) is 15.9 Å². The predicted octanol–water partition coefficient (Wildman–Crippen LogP) is 1.81. The highest BCUT2D eigenvalue weighted by Crippen LogP contribution is 2.14. The lowest BCUT2D eigenvalue weighted by molar-refractivity contribution is 0.101. The number of rotatable bonds is 3. The van der Waals surface area contributed by atoms with E-state index in [1.54, 1.807) is 0 Å². The molecule has 0 saturated heterocycles. The van der Waals surface area contributed by atoms with Crippen molar-refractivity contribution >= 4 is 21.7 Å². The second-order valence-electron chi connectivity index (χ2n) is 2.25. The molecule has 70 valence electrons. The van der Waals surface area contributed by atoms with E-state index in [4.69, 9.17) is 0 Å². The average Bonchev–Trinajstić information content (AvgIpc) is 2.16. The first kappa shape index (κ1) is 10.1. The molecular formula is C8H7BrFNO2. The summed E-state index contributed by atoms with van der Waals surface area (Å²) >= 11 is 2.97. The van der Waals surface area contributed by atoms with Gasteiger partial charge in [-0.25, -0.2) is 4.98 Å². The maximum atomic E-state index is 12.9. The molecule has 0 aliphatic carbocycles. The van der Waals surface area contributed by atoms with E-state index in [1.165, 1.54) is 19.2 Å². The fraction of sp³-hybridized carbons (Fsp3) is 0.250. The van der Waals surface area contributed by atoms with Crippen LogP contribution in [0.5, 0.6) is 5.75 Å². The van der Waals surface area contributed by atoms with Gasteiger partial charge in [-0.05, 0) is 12.1 Å². The van der Waals surface area contributed by atoms with Crippen LogP contribution in [0, 0.1) is 5.95 Å². The molecule has 0 amide bonds. The van der Waals surface area contributed by atoms with Crippen molar-refractivity contribution in [1.29, 1.82) is 0 Å². The van der Waals surface area contributed by atoms with Crippen molar-refractivity contribution in [1.82, 2.24) is 4.98 Å². The van der Waals surface area contributed by atoms with Crippen LogP contribution >= 0.6 is 15.9 Å². The fourth-order valence-electron chi connectivity index (χ4n) is 0.798. The first-order valence-corrected chi connectivity index (χ1v) is 4.61. The number of Topliss-reactive ketones (excluding diaryl/α,β-unsaturated/α-hetero) is 1. The molecule has 0 bridgehead atoms. The van der Waals surface area contributed by atoms with E-state index in [0.29, 0.717) is 0 Å². The lowest BCUT2D eigenvalue weighted by Crippen LogP contribution is -2.05. The van der Waals surface area contributed by atoms with Crippen molar-refractivity contribution in [3.8, 4) is 5.75 Å². The molecule has 0 unspecified atom stereocenters. The zero-order valence-corrected chi connectivity index (χ0v) is 8.47. The molecule has 0 aromatic carbocycles. The van der Waals surface area contributed by atoms with Crippen LogP contribution in [0.15, 0.2) is 12.1 Å². The number of hydrogen-bond acceptors (Lipinski definition) is 3. The molecular weight excluding hydrogens is 241 g/mol. The molecule has 1 rings (SSSR count). The Labute approximate surface area is 83.1 Å². The zero-order chi connectivity index (χ0) is 9.84. The Morgan fingerprint density at radius 2 is 2.38 bits per heavy atom. The van der Waals surface area contributed by atoms with Crippen molar-refractivity contribution in [3.63, 3.8) is 0 Å². The molecule has 0 saturated carbocycles. The molecule has 0 spiro atoms. The minimum atomic E-state index is -0.769. The highest BCUT2D eigenvalue weighted by atomic mass is 79.9. The van der Waals surface area contributed by atoms with E-state index in [1.807, 2.05) is 0 Å². The van der Waals surface area contributed by atoms with E-state index < -0.39 is 5.95 Å². The fourth-order valence-corrected chi connectivity index (χ4v) is 1.08. The van der Waals surface area contributed by atoms with Crippen molar-refractivity contribution in [3.05, 3.63) is 23.8 Å². The van der Waals surface area contributed by atoms with Crippen LogP contribution in [0.25, 0.3) is 0 Å². The summed E-state index contributed by atoms with van der Waals surface area (Å²) in [5.74, 6) is -0.998. The number of ketones is 1. The molecule has 13 heavy (non-hydrogen) atoms. The summed E-state index contributed by atoms with van der Waals surface area (Å²) in [5, 5.41) is 0.131. The zero-order valence-electron chi connectivity index (χ0n) is 6.88. The minimum Gasteiger partial charge on any atom is -0.492 e. The number of ether oxygens (including phenoxy) is 1. The molecule has 0 aliphatic rings. The third-order valence-electron chi connectivity index (χ3n) is 1.44. The van der Waals surface area contributed by atoms with E-state index >= 15 is 0 Å². The maximum Gasteiger partial charge on any atom is 0.255 e. The predicted molar refractivity (Wildman–Crippen MR) is 48.9 cm³/mol. The Morgan fingerprint density at radius 3 is 2.85 bits per heavy atom. The number of aromatic nitrogens is 1. The lowest BCUT2D eigenvalue weighted by atomic mass is 10.3. The summed E-state index contributed by atoms with van der Waals surface area (Å²) in [6.07, 6.45) is 0. The third-order valence-corrected chi connectivity index (χ3v) is 1.95. The summed E-state index contributed by atoms with van der Waals surface area (Å²) in [6, 6.07) is 2.80. The highest BCUT2D eigenvalue weighted by Gasteiger charge is 2.10. The largest absolute Gasteiger partial charge is 0.492 e. The number of nitrogens with zero attached hydrogens (tertiary/aromatic N) is 1. The first-order chi connectivity index (χ1) is 6.19. The number of alkyl halides is 1. The van der Waals surface area contributed by atoms with Gasteiger partial charge in [0.2, 0.25) is 0 Å². The summed E-state index contributed by atoms with van der Waals surface area (Å²) in [6.45, 7) is 0. The van der Waals surface area contributed by atoms with Gasteiger partial charge < -0.3 is 4.74 Å². The van der Waals surface area contributed by atoms with Gasteiger partial charge in [0.05, 0.1) is 12.4 Å². The van der Waals surface area contributed by atoms with E-state index in [0.717, 1.165) is 0 Å². The summed E-state index contributed by atoms with van der Waals surface area (Å²) in [5.41, 5.74) is 0.0928. The van der Waals surface area contributed by atoms with Gasteiger partial charge in [0, 0.05) is 0 Å². The van der Waals surface area contributed by atoms with Crippen molar-refractivity contribution < 1.29 is 13.9 Å². The Morgan fingerprint density at radius 1 is 1.69 bits per heavy atom. The quantitative estimate of drug-likeness (QED) is 0.465. The second-order valence-corrected chi connectivity index (χ2v) is 2.81. The van der Waals surface area contributed by atoms with Gasteiger partial charge in [-0.2, -0.15) is 4.39 Å². The smallest absolute Gasteiger partial charge is 0.255 e. The molecule has 1 aromatic heterocycles. The van der Waals surface area contributed by atoms with E-state index in [2.05, 4.69) is 25.7 Å². The van der Waals surface area contributed by atoms with Gasteiger partial charge in [0.15, 0.2) is 11.5 Å². The number of hydrogen-bond donors (Lipinski definition) is 0. The highest BCUT2D eigenvalue weighted by molar-refractivity contribution is 9.09. The van der Waals surface area contributed by atoms with Crippen molar-refractivity contribution in [2.75, 3.05) is 12.4 Å². The van der Waals surface area contributed by atoms with Gasteiger partial charge in [0.1, 0.15) is 5.69 Å². The Balaban J connectivity index is 3.02. The average molecular weight is 248 g/mol. The lowest BCUT2D eigenvalue weighted by Gasteiger charge is -2.01. The van der Waals surface area contributed by atoms with Gasteiger partial charge in [-0.3, -0.25) is 4.79 Å². The molecule has 3 nitrogen and oxygen atoms in total. The number of halogens is 2. The second kappa shape index (κ2) is 4.32. The Bertz CT molecular complexity index is 330. The molecule has 0 radical (unpaired) electrons. The van der Waals surface area contributed by atoms with Gasteiger partial charge in [0.25, 0.3) is 5.95 Å². The topological polar surface area (TPSA) is 39.2 Å². The van der Waals surface area contributed by atoms with Crippen LogP contribution in [0.1, 0.15) is 10.5 Å². The van der Waals surface area contributed by atoms with Crippen LogP contribution in [-0.2, 0) is 0 Å². The maximum absolute atomic E-state index is 12.9. The van der Waals surface area contributed by atoms with Crippen LogP contribution in [0.3, 0.4) is 0 Å². The van der Waals surface area contributed by atoms with Crippen LogP contribution in [0.4, 0.5) is 4.39 Å².